The summed E-state index contributed by atoms with van der Waals surface area (Å²) in [7, 11) is 4.02. The molecular weight excluding hydrogens is 321 g/mol. The molecule has 0 saturated heterocycles. The van der Waals surface area contributed by atoms with Crippen LogP contribution in [0.3, 0.4) is 0 Å². The highest BCUT2D eigenvalue weighted by Crippen LogP contribution is 2.17. The number of rotatable bonds is 7. The molecule has 1 aromatic rings. The van der Waals surface area contributed by atoms with Gasteiger partial charge in [-0.2, -0.15) is 0 Å². The third-order valence-electron chi connectivity index (χ3n) is 3.55. The van der Waals surface area contributed by atoms with Crippen molar-refractivity contribution in [3.8, 4) is 0 Å². The van der Waals surface area contributed by atoms with E-state index in [1.807, 2.05) is 39.2 Å². The molecule has 6 heteroatoms. The Bertz CT molecular complexity index is 425. The third kappa shape index (κ3) is 6.97. The van der Waals surface area contributed by atoms with Gasteiger partial charge in [-0.05, 0) is 33.0 Å². The fourth-order valence-electron chi connectivity index (χ4n) is 2.30. The zero-order chi connectivity index (χ0) is 15.2. The Morgan fingerprint density at radius 1 is 1.27 bits per heavy atom. The summed E-state index contributed by atoms with van der Waals surface area (Å²) in [6.45, 7) is 4.39. The van der Waals surface area contributed by atoms with Crippen LogP contribution in [-0.2, 0) is 4.79 Å². The Balaban J connectivity index is 0. The lowest BCUT2D eigenvalue weighted by molar-refractivity contribution is -0.126. The van der Waals surface area contributed by atoms with Crippen LogP contribution in [0.1, 0.15) is 38.3 Å². The van der Waals surface area contributed by atoms with Crippen molar-refractivity contribution in [1.29, 1.82) is 0 Å². The minimum Gasteiger partial charge on any atom is -0.353 e. The van der Waals surface area contributed by atoms with E-state index in [4.69, 9.17) is 5.73 Å². The van der Waals surface area contributed by atoms with Crippen molar-refractivity contribution in [2.45, 2.75) is 38.3 Å². The van der Waals surface area contributed by atoms with Crippen LogP contribution >= 0.6 is 24.8 Å². The van der Waals surface area contributed by atoms with Crippen molar-refractivity contribution < 1.29 is 4.79 Å². The molecule has 2 unspecified atom stereocenters. The van der Waals surface area contributed by atoms with Gasteiger partial charge in [0.25, 0.3) is 0 Å². The molecule has 22 heavy (non-hydrogen) atoms. The number of halogens is 2. The van der Waals surface area contributed by atoms with E-state index < -0.39 is 5.54 Å². The number of nitrogens with zero attached hydrogens (tertiary/aromatic N) is 1. The largest absolute Gasteiger partial charge is 0.353 e. The van der Waals surface area contributed by atoms with E-state index in [2.05, 4.69) is 22.3 Å². The van der Waals surface area contributed by atoms with Crippen molar-refractivity contribution >= 4 is 30.7 Å². The van der Waals surface area contributed by atoms with Gasteiger partial charge in [0, 0.05) is 6.54 Å². The first kappa shape index (κ1) is 23.5. The molecule has 1 aromatic carbocycles. The van der Waals surface area contributed by atoms with Crippen molar-refractivity contribution in [2.24, 2.45) is 5.73 Å². The summed E-state index contributed by atoms with van der Waals surface area (Å²) in [6, 6.07) is 10.3. The van der Waals surface area contributed by atoms with Crippen molar-refractivity contribution in [3.63, 3.8) is 0 Å². The van der Waals surface area contributed by atoms with E-state index in [0.717, 1.165) is 6.42 Å². The predicted octanol–water partition coefficient (Wildman–Crippen LogP) is 2.77. The maximum atomic E-state index is 12.2. The second-order valence-corrected chi connectivity index (χ2v) is 5.77. The minimum atomic E-state index is -0.789. The summed E-state index contributed by atoms with van der Waals surface area (Å²) in [6.07, 6.45) is 1.59. The number of nitrogens with one attached hydrogen (secondary N) is 1. The third-order valence-corrected chi connectivity index (χ3v) is 3.55. The molecule has 0 aliphatic rings. The zero-order valence-corrected chi connectivity index (χ0v) is 15.5. The molecule has 4 nitrogen and oxygen atoms in total. The first-order chi connectivity index (χ1) is 9.38. The Hall–Kier alpha value is -0.810. The number of hydrogen-bond donors (Lipinski definition) is 2. The smallest absolute Gasteiger partial charge is 0.239 e. The fourth-order valence-corrected chi connectivity index (χ4v) is 2.30. The molecule has 0 aliphatic heterocycles. The zero-order valence-electron chi connectivity index (χ0n) is 13.8. The molecule has 0 fully saturated rings. The van der Waals surface area contributed by atoms with Crippen molar-refractivity contribution in [2.75, 3.05) is 20.6 Å². The van der Waals surface area contributed by atoms with Gasteiger partial charge < -0.3 is 16.0 Å². The second kappa shape index (κ2) is 10.8. The molecule has 3 N–H and O–H groups in total. The Labute approximate surface area is 146 Å². The Morgan fingerprint density at radius 3 is 2.27 bits per heavy atom. The number of amides is 1. The summed E-state index contributed by atoms with van der Waals surface area (Å²) in [5.41, 5.74) is 6.44. The van der Waals surface area contributed by atoms with E-state index in [9.17, 15) is 4.79 Å². The van der Waals surface area contributed by atoms with Gasteiger partial charge in [0.1, 0.15) is 0 Å². The summed E-state index contributed by atoms with van der Waals surface area (Å²) in [5.74, 6) is -0.0814. The summed E-state index contributed by atoms with van der Waals surface area (Å²) >= 11 is 0. The molecule has 1 amide bonds. The lowest BCUT2D eigenvalue weighted by atomic mass is 9.96. The monoisotopic (exact) mass is 349 g/mol. The average molecular weight is 350 g/mol. The topological polar surface area (TPSA) is 58.4 Å². The molecular formula is C16H29Cl2N3O. The first-order valence-electron chi connectivity index (χ1n) is 7.17. The van der Waals surface area contributed by atoms with Crippen LogP contribution in [-0.4, -0.2) is 37.0 Å². The summed E-state index contributed by atoms with van der Waals surface area (Å²) in [5, 5.41) is 2.98. The highest BCUT2D eigenvalue weighted by atomic mass is 35.5. The van der Waals surface area contributed by atoms with E-state index in [1.165, 1.54) is 5.56 Å². The average Bonchev–Trinajstić information content (AvgIpc) is 2.39. The van der Waals surface area contributed by atoms with E-state index in [0.29, 0.717) is 13.0 Å². The number of carbonyl (C=O) groups is 1. The van der Waals surface area contributed by atoms with Crippen LogP contribution < -0.4 is 11.1 Å². The van der Waals surface area contributed by atoms with Gasteiger partial charge in [0.15, 0.2) is 0 Å². The van der Waals surface area contributed by atoms with Crippen LogP contribution in [0.15, 0.2) is 30.3 Å². The number of carbonyl (C=O) groups excluding carboxylic acids is 1. The first-order valence-corrected chi connectivity index (χ1v) is 7.17. The highest BCUT2D eigenvalue weighted by molar-refractivity contribution is 5.86. The summed E-state index contributed by atoms with van der Waals surface area (Å²) in [4.78, 5) is 14.3. The van der Waals surface area contributed by atoms with Crippen LogP contribution in [0.2, 0.25) is 0 Å². The fraction of sp³-hybridized carbons (Fsp3) is 0.562. The standard InChI is InChI=1S/C16H27N3O.2ClH/c1-5-11-16(2,17)15(20)18-12-14(19(3)4)13-9-7-6-8-10-13;;/h6-10,14H,5,11-12,17H2,1-4H3,(H,18,20);2*1H. The molecule has 0 spiro atoms. The normalized spacial score (nSPS) is 14.3. The van der Waals surface area contributed by atoms with E-state index in [-0.39, 0.29) is 36.8 Å². The Kier molecular flexibility index (Phi) is 11.6. The van der Waals surface area contributed by atoms with Crippen molar-refractivity contribution in [1.82, 2.24) is 10.2 Å². The van der Waals surface area contributed by atoms with Gasteiger partial charge >= 0.3 is 0 Å². The molecule has 2 atom stereocenters. The number of hydrogen-bond acceptors (Lipinski definition) is 3. The molecule has 1 rings (SSSR count). The molecule has 0 saturated carbocycles. The summed E-state index contributed by atoms with van der Waals surface area (Å²) < 4.78 is 0. The van der Waals surface area contributed by atoms with Crippen LogP contribution in [0, 0.1) is 0 Å². The van der Waals surface area contributed by atoms with Gasteiger partial charge in [-0.15, -0.1) is 24.8 Å². The molecule has 0 aliphatic carbocycles. The molecule has 0 heterocycles. The number of likely N-dealkylation sites (N-methyl/N-ethyl adjacent to an activating group) is 1. The van der Waals surface area contributed by atoms with Gasteiger partial charge in [0.05, 0.1) is 11.6 Å². The number of benzene rings is 1. The van der Waals surface area contributed by atoms with Crippen LogP contribution in [0.4, 0.5) is 0 Å². The predicted molar refractivity (Wildman–Crippen MR) is 97.9 cm³/mol. The molecule has 0 radical (unpaired) electrons. The maximum Gasteiger partial charge on any atom is 0.239 e. The second-order valence-electron chi connectivity index (χ2n) is 5.77. The van der Waals surface area contributed by atoms with Crippen molar-refractivity contribution in [3.05, 3.63) is 35.9 Å². The lowest BCUT2D eigenvalue weighted by Gasteiger charge is -2.28. The SMILES string of the molecule is CCCC(C)(N)C(=O)NCC(c1ccccc1)N(C)C.Cl.Cl. The maximum absolute atomic E-state index is 12.2. The van der Waals surface area contributed by atoms with Gasteiger partial charge in [-0.25, -0.2) is 0 Å². The number of nitrogens with two attached hydrogens (primary N) is 1. The van der Waals surface area contributed by atoms with Gasteiger partial charge in [-0.1, -0.05) is 43.7 Å². The van der Waals surface area contributed by atoms with E-state index in [1.54, 1.807) is 6.92 Å². The molecule has 0 aromatic heterocycles. The molecule has 0 bridgehead atoms. The van der Waals surface area contributed by atoms with Crippen LogP contribution in [0.5, 0.6) is 0 Å². The van der Waals surface area contributed by atoms with Gasteiger partial charge in [-0.3, -0.25) is 4.79 Å². The van der Waals surface area contributed by atoms with Crippen LogP contribution in [0.25, 0.3) is 0 Å². The minimum absolute atomic E-state index is 0. The quantitative estimate of drug-likeness (QED) is 0.795. The Morgan fingerprint density at radius 2 is 1.82 bits per heavy atom. The molecule has 128 valence electrons. The van der Waals surface area contributed by atoms with Gasteiger partial charge in [0.2, 0.25) is 5.91 Å². The van der Waals surface area contributed by atoms with E-state index >= 15 is 0 Å². The highest BCUT2D eigenvalue weighted by Gasteiger charge is 2.27. The lowest BCUT2D eigenvalue weighted by Crippen LogP contribution is -2.52.